The lowest BCUT2D eigenvalue weighted by Gasteiger charge is -2.35. The van der Waals surface area contributed by atoms with Crippen LogP contribution < -0.4 is 0 Å². The van der Waals surface area contributed by atoms with Gasteiger partial charge in [0.25, 0.3) is 5.91 Å². The molecule has 2 aromatic carbocycles. The third-order valence-corrected chi connectivity index (χ3v) is 5.46. The molecule has 0 aliphatic carbocycles. The van der Waals surface area contributed by atoms with Crippen LogP contribution >= 0.6 is 0 Å². The number of morpholine rings is 1. The zero-order chi connectivity index (χ0) is 20.2. The van der Waals surface area contributed by atoms with Crippen LogP contribution in [0.1, 0.15) is 23.0 Å². The maximum atomic E-state index is 14.1. The summed E-state index contributed by atoms with van der Waals surface area (Å²) < 4.78 is 19.6. The first-order valence-corrected chi connectivity index (χ1v) is 10.0. The van der Waals surface area contributed by atoms with Crippen molar-refractivity contribution in [2.75, 3.05) is 32.8 Å². The summed E-state index contributed by atoms with van der Waals surface area (Å²) >= 11 is 0. The summed E-state index contributed by atoms with van der Waals surface area (Å²) in [5.41, 5.74) is 2.11. The van der Waals surface area contributed by atoms with Crippen molar-refractivity contribution in [1.82, 2.24) is 14.8 Å². The van der Waals surface area contributed by atoms with E-state index in [4.69, 9.17) is 4.74 Å². The number of nitrogens with one attached hydrogen (secondary N) is 1. The summed E-state index contributed by atoms with van der Waals surface area (Å²) in [6, 6.07) is 16.4. The summed E-state index contributed by atoms with van der Waals surface area (Å²) in [4.78, 5) is 20.7. The Morgan fingerprint density at radius 3 is 2.66 bits per heavy atom. The second kappa shape index (κ2) is 8.76. The second-order valence-electron chi connectivity index (χ2n) is 7.56. The van der Waals surface area contributed by atoms with Gasteiger partial charge in [-0.15, -0.1) is 0 Å². The average Bonchev–Trinajstić information content (AvgIpc) is 3.19. The molecule has 4 rings (SSSR count). The third-order valence-electron chi connectivity index (χ3n) is 5.46. The number of amides is 1. The fraction of sp³-hybridized carbons (Fsp3) is 0.348. The van der Waals surface area contributed by atoms with Gasteiger partial charge in [-0.1, -0.05) is 36.4 Å². The van der Waals surface area contributed by atoms with Gasteiger partial charge in [-0.25, -0.2) is 4.39 Å². The van der Waals surface area contributed by atoms with Crippen LogP contribution in [-0.2, 0) is 11.3 Å². The number of carbonyl (C=O) groups excluding carboxylic acids is 1. The molecule has 0 bridgehead atoms. The first-order valence-electron chi connectivity index (χ1n) is 10.0. The van der Waals surface area contributed by atoms with E-state index in [1.807, 2.05) is 35.2 Å². The monoisotopic (exact) mass is 395 g/mol. The maximum absolute atomic E-state index is 14.1. The Balaban J connectivity index is 1.60. The number of halogens is 1. The number of aromatic nitrogens is 1. The van der Waals surface area contributed by atoms with Crippen LogP contribution in [0.5, 0.6) is 0 Å². The van der Waals surface area contributed by atoms with Crippen LogP contribution in [0, 0.1) is 5.82 Å². The molecule has 1 aliphatic heterocycles. The van der Waals surface area contributed by atoms with E-state index in [2.05, 4.69) is 16.8 Å². The molecule has 3 aromatic rings. The van der Waals surface area contributed by atoms with Gasteiger partial charge >= 0.3 is 0 Å². The number of carbonyl (C=O) groups is 1. The van der Waals surface area contributed by atoms with Crippen molar-refractivity contribution in [2.24, 2.45) is 0 Å². The molecule has 0 radical (unpaired) electrons. The van der Waals surface area contributed by atoms with Gasteiger partial charge < -0.3 is 14.6 Å². The number of hydrogen-bond acceptors (Lipinski definition) is 3. The lowest BCUT2D eigenvalue weighted by Crippen LogP contribution is -2.48. The van der Waals surface area contributed by atoms with Gasteiger partial charge in [0, 0.05) is 43.1 Å². The highest BCUT2D eigenvalue weighted by molar-refractivity contribution is 5.98. The summed E-state index contributed by atoms with van der Waals surface area (Å²) in [6.45, 7) is 6.53. The number of aromatic amines is 1. The molecule has 1 atom stereocenters. The second-order valence-corrected chi connectivity index (χ2v) is 7.56. The standard InChI is InChI=1S/C23H26FN3O2/c1-17(15-26-10-12-29-13-11-26)27(16-18-6-3-2-4-7-18)23(28)22-14-19-20(24)8-5-9-21(19)25-22/h2-9,14,17,25H,10-13,15-16H2,1H3. The highest BCUT2D eigenvalue weighted by Gasteiger charge is 2.26. The SMILES string of the molecule is CC(CN1CCOCC1)N(Cc1ccccc1)C(=O)c1cc2c(F)cccc2[nH]1. The first kappa shape index (κ1) is 19.6. The van der Waals surface area contributed by atoms with Crippen molar-refractivity contribution in [3.8, 4) is 0 Å². The molecule has 1 aliphatic rings. The van der Waals surface area contributed by atoms with Crippen LogP contribution in [-0.4, -0.2) is 59.6 Å². The lowest BCUT2D eigenvalue weighted by molar-refractivity contribution is 0.0227. The van der Waals surface area contributed by atoms with Crippen LogP contribution in [0.4, 0.5) is 4.39 Å². The van der Waals surface area contributed by atoms with Crippen molar-refractivity contribution >= 4 is 16.8 Å². The molecule has 1 unspecified atom stereocenters. The summed E-state index contributed by atoms with van der Waals surface area (Å²) in [7, 11) is 0. The Bertz CT molecular complexity index is 967. The molecule has 1 amide bonds. The predicted molar refractivity (Wildman–Crippen MR) is 111 cm³/mol. The third kappa shape index (κ3) is 4.49. The number of nitrogens with zero attached hydrogens (tertiary/aromatic N) is 2. The quantitative estimate of drug-likeness (QED) is 0.693. The van der Waals surface area contributed by atoms with Crippen molar-refractivity contribution in [1.29, 1.82) is 0 Å². The van der Waals surface area contributed by atoms with Crippen LogP contribution in [0.3, 0.4) is 0 Å². The van der Waals surface area contributed by atoms with Gasteiger partial charge in [-0.05, 0) is 30.7 Å². The minimum Gasteiger partial charge on any atom is -0.379 e. The van der Waals surface area contributed by atoms with Crippen molar-refractivity contribution in [2.45, 2.75) is 19.5 Å². The largest absolute Gasteiger partial charge is 0.379 e. The topological polar surface area (TPSA) is 48.6 Å². The van der Waals surface area contributed by atoms with Crippen molar-refractivity contribution < 1.29 is 13.9 Å². The Morgan fingerprint density at radius 1 is 1.17 bits per heavy atom. The number of ether oxygens (including phenoxy) is 1. The molecule has 152 valence electrons. The Kier molecular flexibility index (Phi) is 5.92. The van der Waals surface area contributed by atoms with E-state index in [1.54, 1.807) is 18.2 Å². The van der Waals surface area contributed by atoms with Gasteiger partial charge in [0.2, 0.25) is 0 Å². The number of benzene rings is 2. The lowest BCUT2D eigenvalue weighted by atomic mass is 10.1. The minimum absolute atomic E-state index is 0.00272. The van der Waals surface area contributed by atoms with Gasteiger partial charge in [0.15, 0.2) is 0 Å². The van der Waals surface area contributed by atoms with Gasteiger partial charge in [0.1, 0.15) is 11.5 Å². The fourth-order valence-electron chi connectivity index (χ4n) is 3.85. The van der Waals surface area contributed by atoms with Gasteiger partial charge in [-0.3, -0.25) is 9.69 Å². The Morgan fingerprint density at radius 2 is 1.93 bits per heavy atom. The van der Waals surface area contributed by atoms with Gasteiger partial charge in [0.05, 0.1) is 13.2 Å². The average molecular weight is 395 g/mol. The molecule has 1 fully saturated rings. The van der Waals surface area contributed by atoms with E-state index < -0.39 is 0 Å². The molecule has 0 spiro atoms. The van der Waals surface area contributed by atoms with Crippen molar-refractivity contribution in [3.63, 3.8) is 0 Å². The summed E-state index contributed by atoms with van der Waals surface area (Å²) in [5, 5.41) is 0.441. The molecular formula is C23H26FN3O2. The molecule has 2 heterocycles. The Hall–Kier alpha value is -2.70. The van der Waals surface area contributed by atoms with Crippen LogP contribution in [0.15, 0.2) is 54.6 Å². The molecular weight excluding hydrogens is 369 g/mol. The van der Waals surface area contributed by atoms with E-state index in [-0.39, 0.29) is 17.8 Å². The zero-order valence-corrected chi connectivity index (χ0v) is 16.6. The normalized spacial score (nSPS) is 16.1. The Labute approximate surface area is 170 Å². The number of fused-ring (bicyclic) bond motifs is 1. The fourth-order valence-corrected chi connectivity index (χ4v) is 3.85. The van der Waals surface area contributed by atoms with Crippen LogP contribution in [0.2, 0.25) is 0 Å². The molecule has 1 aromatic heterocycles. The molecule has 0 saturated carbocycles. The minimum atomic E-state index is -0.325. The van der Waals surface area contributed by atoms with Crippen LogP contribution in [0.25, 0.3) is 10.9 Å². The molecule has 1 saturated heterocycles. The predicted octanol–water partition coefficient (Wildman–Crippen LogP) is 3.67. The van der Waals surface area contributed by atoms with Gasteiger partial charge in [-0.2, -0.15) is 0 Å². The zero-order valence-electron chi connectivity index (χ0n) is 16.6. The number of rotatable bonds is 6. The highest BCUT2D eigenvalue weighted by atomic mass is 19.1. The van der Waals surface area contributed by atoms with E-state index in [0.29, 0.717) is 23.1 Å². The smallest absolute Gasteiger partial charge is 0.270 e. The van der Waals surface area contributed by atoms with E-state index in [1.165, 1.54) is 6.07 Å². The van der Waals surface area contributed by atoms with E-state index >= 15 is 0 Å². The molecule has 1 N–H and O–H groups in total. The van der Waals surface area contributed by atoms with Crippen molar-refractivity contribution in [3.05, 3.63) is 71.7 Å². The summed E-state index contributed by atoms with van der Waals surface area (Å²) in [5.74, 6) is -0.445. The molecule has 6 heteroatoms. The number of hydrogen-bond donors (Lipinski definition) is 1. The highest BCUT2D eigenvalue weighted by Crippen LogP contribution is 2.21. The van der Waals surface area contributed by atoms with E-state index in [9.17, 15) is 9.18 Å². The first-order chi connectivity index (χ1) is 14.1. The maximum Gasteiger partial charge on any atom is 0.270 e. The molecule has 5 nitrogen and oxygen atoms in total. The van der Waals surface area contributed by atoms with E-state index in [0.717, 1.165) is 38.4 Å². The number of H-pyrrole nitrogens is 1. The summed E-state index contributed by atoms with van der Waals surface area (Å²) in [6.07, 6.45) is 0. The molecule has 29 heavy (non-hydrogen) atoms.